The van der Waals surface area contributed by atoms with E-state index >= 15 is 0 Å². The monoisotopic (exact) mass is 416 g/mol. The van der Waals surface area contributed by atoms with Gasteiger partial charge in [0.1, 0.15) is 0 Å². The zero-order chi connectivity index (χ0) is 20.5. The molecule has 0 spiro atoms. The summed E-state index contributed by atoms with van der Waals surface area (Å²) in [5, 5.41) is 8.10. The number of aromatic amines is 1. The van der Waals surface area contributed by atoms with Crippen molar-refractivity contribution in [2.45, 2.75) is 19.5 Å². The summed E-state index contributed by atoms with van der Waals surface area (Å²) in [6.45, 7) is 2.15. The number of benzene rings is 2. The van der Waals surface area contributed by atoms with Gasteiger partial charge in [0.05, 0.1) is 5.56 Å². The minimum Gasteiger partial charge on any atom is -0.355 e. The number of halogens is 1. The highest BCUT2D eigenvalue weighted by atomic mass is 35.5. The van der Waals surface area contributed by atoms with Crippen LogP contribution >= 0.6 is 11.6 Å². The molecule has 150 valence electrons. The second kappa shape index (κ2) is 7.94. The van der Waals surface area contributed by atoms with E-state index in [0.29, 0.717) is 17.1 Å². The van der Waals surface area contributed by atoms with Gasteiger partial charge >= 0.3 is 0 Å². The number of aromatic nitrogens is 2. The van der Waals surface area contributed by atoms with Crippen LogP contribution in [0.15, 0.2) is 60.8 Å². The Morgan fingerprint density at radius 1 is 1.10 bits per heavy atom. The summed E-state index contributed by atoms with van der Waals surface area (Å²) in [5.41, 5.74) is 6.71. The van der Waals surface area contributed by atoms with Gasteiger partial charge in [0.15, 0.2) is 0 Å². The Labute approximate surface area is 179 Å². The lowest BCUT2D eigenvalue weighted by Gasteiger charge is -2.06. The normalized spacial score (nSPS) is 12.9. The van der Waals surface area contributed by atoms with Crippen LogP contribution in [0.3, 0.4) is 0 Å². The lowest BCUT2D eigenvalue weighted by Crippen LogP contribution is -2.17. The highest BCUT2D eigenvalue weighted by Crippen LogP contribution is 2.34. The summed E-state index contributed by atoms with van der Waals surface area (Å²) in [6, 6.07) is 18.3. The van der Waals surface area contributed by atoms with Gasteiger partial charge in [-0.3, -0.25) is 9.78 Å². The molecule has 5 nitrogen and oxygen atoms in total. The first-order chi connectivity index (χ1) is 14.7. The molecule has 1 aliphatic heterocycles. The Morgan fingerprint density at radius 2 is 2.03 bits per heavy atom. The molecule has 1 amide bonds. The summed E-state index contributed by atoms with van der Waals surface area (Å²) in [5.74, 6) is -0.0704. The number of carbonyl (C=O) groups is 1. The van der Waals surface area contributed by atoms with Crippen molar-refractivity contribution in [2.24, 2.45) is 0 Å². The van der Waals surface area contributed by atoms with Gasteiger partial charge in [-0.1, -0.05) is 29.8 Å². The fourth-order valence-electron chi connectivity index (χ4n) is 3.97. The molecule has 3 N–H and O–H groups in total. The van der Waals surface area contributed by atoms with Crippen molar-refractivity contribution < 1.29 is 4.79 Å². The van der Waals surface area contributed by atoms with E-state index in [1.165, 1.54) is 5.56 Å². The zero-order valence-electron chi connectivity index (χ0n) is 16.3. The number of H-pyrrole nitrogens is 1. The summed E-state index contributed by atoms with van der Waals surface area (Å²) in [4.78, 5) is 20.1. The average molecular weight is 417 g/mol. The number of amides is 1. The fourth-order valence-corrected chi connectivity index (χ4v) is 4.19. The Hall–Kier alpha value is -3.15. The topological polar surface area (TPSA) is 69.8 Å². The number of nitrogens with zero attached hydrogens (tertiary/aromatic N) is 1. The van der Waals surface area contributed by atoms with Gasteiger partial charge in [-0.15, -0.1) is 0 Å². The third-order valence-electron chi connectivity index (χ3n) is 5.50. The first kappa shape index (κ1) is 18.9. The first-order valence-corrected chi connectivity index (χ1v) is 10.4. The maximum Gasteiger partial charge on any atom is 0.252 e. The second-order valence-corrected chi connectivity index (χ2v) is 7.89. The van der Waals surface area contributed by atoms with Crippen molar-refractivity contribution >= 4 is 28.4 Å². The van der Waals surface area contributed by atoms with Crippen LogP contribution in [0.5, 0.6) is 0 Å². The molecule has 0 aliphatic carbocycles. The highest BCUT2D eigenvalue weighted by molar-refractivity contribution is 6.32. The lowest BCUT2D eigenvalue weighted by atomic mass is 10.0. The second-order valence-electron chi connectivity index (χ2n) is 7.48. The lowest BCUT2D eigenvalue weighted by molar-refractivity contribution is 0.0966. The summed E-state index contributed by atoms with van der Waals surface area (Å²) >= 11 is 6.28. The van der Waals surface area contributed by atoms with Crippen LogP contribution in [0.4, 0.5) is 0 Å². The molecule has 0 bridgehead atoms. The molecule has 0 atom stereocenters. The van der Waals surface area contributed by atoms with Crippen molar-refractivity contribution in [3.63, 3.8) is 0 Å². The average Bonchev–Trinajstić information content (AvgIpc) is 3.36. The van der Waals surface area contributed by atoms with Crippen molar-refractivity contribution in [1.29, 1.82) is 0 Å². The summed E-state index contributed by atoms with van der Waals surface area (Å²) in [6.07, 6.45) is 2.73. The molecular weight excluding hydrogens is 396 g/mol. The van der Waals surface area contributed by atoms with E-state index in [0.717, 1.165) is 52.9 Å². The molecule has 30 heavy (non-hydrogen) atoms. The number of pyridine rings is 1. The van der Waals surface area contributed by atoms with Gasteiger partial charge in [0, 0.05) is 70.7 Å². The van der Waals surface area contributed by atoms with Crippen molar-refractivity contribution in [3.8, 4) is 11.3 Å². The Balaban J connectivity index is 1.34. The maximum atomic E-state index is 12.3. The van der Waals surface area contributed by atoms with Crippen LogP contribution < -0.4 is 10.6 Å². The Kier molecular flexibility index (Phi) is 4.99. The summed E-state index contributed by atoms with van der Waals surface area (Å²) in [7, 11) is 0. The van der Waals surface area contributed by atoms with E-state index in [1.807, 2.05) is 36.5 Å². The molecule has 2 aromatic carbocycles. The maximum absolute atomic E-state index is 12.3. The van der Waals surface area contributed by atoms with Gasteiger partial charge < -0.3 is 15.6 Å². The molecule has 1 aliphatic rings. The molecule has 0 saturated carbocycles. The molecule has 0 fully saturated rings. The molecule has 0 saturated heterocycles. The van der Waals surface area contributed by atoms with Gasteiger partial charge in [0.25, 0.3) is 5.91 Å². The highest BCUT2D eigenvalue weighted by Gasteiger charge is 2.26. The quantitative estimate of drug-likeness (QED) is 0.406. The zero-order valence-corrected chi connectivity index (χ0v) is 17.1. The summed E-state index contributed by atoms with van der Waals surface area (Å²) < 4.78 is 0. The van der Waals surface area contributed by atoms with Gasteiger partial charge in [-0.05, 0) is 42.0 Å². The predicted octanol–water partition coefficient (Wildman–Crippen LogP) is 4.46. The molecule has 5 rings (SSSR count). The minimum atomic E-state index is -0.0704. The van der Waals surface area contributed by atoms with Crippen LogP contribution in [-0.4, -0.2) is 22.4 Å². The van der Waals surface area contributed by atoms with Crippen LogP contribution in [0, 0.1) is 0 Å². The van der Waals surface area contributed by atoms with Gasteiger partial charge in [0.2, 0.25) is 0 Å². The Bertz CT molecular complexity index is 1230. The number of carbonyl (C=O) groups excluding carboxylic acids is 1. The van der Waals surface area contributed by atoms with Crippen molar-refractivity contribution in [1.82, 2.24) is 20.6 Å². The number of rotatable bonds is 6. The van der Waals surface area contributed by atoms with Crippen molar-refractivity contribution in [2.75, 3.05) is 6.54 Å². The van der Waals surface area contributed by atoms with E-state index in [4.69, 9.17) is 11.6 Å². The molecule has 2 aromatic heterocycles. The molecular formula is C24H21ClN4O. The van der Waals surface area contributed by atoms with Crippen molar-refractivity contribution in [3.05, 3.63) is 88.2 Å². The van der Waals surface area contributed by atoms with E-state index in [-0.39, 0.29) is 5.91 Å². The Morgan fingerprint density at radius 3 is 2.90 bits per heavy atom. The van der Waals surface area contributed by atoms with E-state index in [1.54, 1.807) is 0 Å². The van der Waals surface area contributed by atoms with E-state index in [2.05, 4.69) is 44.9 Å². The molecule has 0 unspecified atom stereocenters. The molecule has 4 aromatic rings. The number of hydrogen-bond donors (Lipinski definition) is 3. The largest absolute Gasteiger partial charge is 0.355 e. The molecule has 0 radical (unpaired) electrons. The molecule has 6 heteroatoms. The first-order valence-electron chi connectivity index (χ1n) is 10.0. The van der Waals surface area contributed by atoms with E-state index in [9.17, 15) is 4.79 Å². The van der Waals surface area contributed by atoms with Crippen LogP contribution in [0.2, 0.25) is 5.02 Å². The third kappa shape index (κ3) is 3.58. The van der Waals surface area contributed by atoms with E-state index < -0.39 is 0 Å². The standard InChI is InChI=1S/C24H21ClN4O/c25-20-6-5-18(23-19(20)14-28-24(23)30)22-12-16-11-15(4-7-21(16)29-22)13-26-10-8-17-3-1-2-9-27-17/h1-7,9,11-12,26,29H,8,10,13-14H2,(H,28,30). The number of nitrogens with one attached hydrogen (secondary N) is 3. The molecule has 3 heterocycles. The van der Waals surface area contributed by atoms with Gasteiger partial charge in [-0.25, -0.2) is 0 Å². The number of fused-ring (bicyclic) bond motifs is 2. The van der Waals surface area contributed by atoms with Crippen LogP contribution in [0.1, 0.15) is 27.2 Å². The minimum absolute atomic E-state index is 0.0704. The predicted molar refractivity (Wildman–Crippen MR) is 120 cm³/mol. The van der Waals surface area contributed by atoms with Crippen LogP contribution in [-0.2, 0) is 19.5 Å². The van der Waals surface area contributed by atoms with Crippen LogP contribution in [0.25, 0.3) is 22.2 Å². The fraction of sp³-hybridized carbons (Fsp3) is 0.167. The van der Waals surface area contributed by atoms with Gasteiger partial charge in [-0.2, -0.15) is 0 Å². The third-order valence-corrected chi connectivity index (χ3v) is 5.85. The smallest absolute Gasteiger partial charge is 0.252 e. The SMILES string of the molecule is O=C1NCc2c(Cl)ccc(-c3cc4cc(CNCCc5ccccn5)ccc4[nH]3)c21. The number of hydrogen-bond acceptors (Lipinski definition) is 3.